The maximum atomic E-state index is 3.32. The van der Waals surface area contributed by atoms with Crippen LogP contribution in [0.15, 0.2) is 48.5 Å². The van der Waals surface area contributed by atoms with E-state index in [9.17, 15) is 0 Å². The molecule has 0 saturated carbocycles. The van der Waals surface area contributed by atoms with Gasteiger partial charge in [-0.3, -0.25) is 0 Å². The Kier molecular flexibility index (Phi) is 3.26. The molecular weight excluding hydrogens is 232 g/mol. The van der Waals surface area contributed by atoms with Crippen LogP contribution in [0.25, 0.3) is 0 Å². The van der Waals surface area contributed by atoms with E-state index in [4.69, 9.17) is 0 Å². The van der Waals surface area contributed by atoms with E-state index in [-0.39, 0.29) is 0 Å². The molecule has 2 aromatic rings. The van der Waals surface area contributed by atoms with Crippen molar-refractivity contribution in [3.63, 3.8) is 0 Å². The molecule has 0 radical (unpaired) electrons. The molecule has 0 spiro atoms. The zero-order valence-electron chi connectivity index (χ0n) is 11.6. The second-order valence-corrected chi connectivity index (χ2v) is 5.28. The number of nitrogens with one attached hydrogen (secondary N) is 1. The second kappa shape index (κ2) is 5.06. The molecule has 0 aromatic heterocycles. The van der Waals surface area contributed by atoms with Crippen molar-refractivity contribution >= 4 is 5.69 Å². The van der Waals surface area contributed by atoms with Crippen LogP contribution in [0.5, 0.6) is 0 Å². The first kappa shape index (κ1) is 12.2. The fraction of sp³-hybridized carbons (Fsp3) is 0.294. The van der Waals surface area contributed by atoms with E-state index in [1.807, 2.05) is 7.05 Å². The molecule has 2 aromatic carbocycles. The summed E-state index contributed by atoms with van der Waals surface area (Å²) in [7, 11) is 4.20. The molecular formula is C17H20N2. The summed E-state index contributed by atoms with van der Waals surface area (Å²) in [6.07, 6.45) is 0. The number of nitrogens with zero attached hydrogens (tertiary/aromatic N) is 1. The first-order valence-corrected chi connectivity index (χ1v) is 6.82. The fourth-order valence-corrected chi connectivity index (χ4v) is 3.06. The van der Waals surface area contributed by atoms with Crippen LogP contribution in [0.4, 0.5) is 5.69 Å². The summed E-state index contributed by atoms with van der Waals surface area (Å²) in [5, 5.41) is 3.32. The highest BCUT2D eigenvalue weighted by molar-refractivity contribution is 5.57. The molecule has 0 aliphatic carbocycles. The van der Waals surface area contributed by atoms with Gasteiger partial charge < -0.3 is 10.2 Å². The van der Waals surface area contributed by atoms with E-state index in [2.05, 4.69) is 65.8 Å². The Balaban J connectivity index is 2.10. The van der Waals surface area contributed by atoms with E-state index in [0.29, 0.717) is 5.92 Å². The largest absolute Gasteiger partial charge is 0.388 e. The predicted molar refractivity (Wildman–Crippen MR) is 80.6 cm³/mol. The lowest BCUT2D eigenvalue weighted by molar-refractivity contribution is 0.296. The van der Waals surface area contributed by atoms with Crippen LogP contribution in [0, 0.1) is 0 Å². The van der Waals surface area contributed by atoms with Crippen molar-refractivity contribution in [2.45, 2.75) is 12.5 Å². The van der Waals surface area contributed by atoms with E-state index in [0.717, 1.165) is 13.1 Å². The number of hydrogen-bond donors (Lipinski definition) is 1. The number of likely N-dealkylation sites (N-methyl/N-ethyl adjacent to an activating group) is 1. The molecule has 1 heterocycles. The lowest BCUT2D eigenvalue weighted by Crippen LogP contribution is -2.31. The molecule has 2 nitrogen and oxygen atoms in total. The highest BCUT2D eigenvalue weighted by Gasteiger charge is 2.25. The number of benzene rings is 2. The zero-order valence-corrected chi connectivity index (χ0v) is 11.6. The quantitative estimate of drug-likeness (QED) is 0.882. The summed E-state index contributed by atoms with van der Waals surface area (Å²) in [4.78, 5) is 2.40. The minimum Gasteiger partial charge on any atom is -0.388 e. The zero-order chi connectivity index (χ0) is 13.2. The summed E-state index contributed by atoms with van der Waals surface area (Å²) in [5.74, 6) is 0.475. The van der Waals surface area contributed by atoms with Gasteiger partial charge in [-0.25, -0.2) is 0 Å². The summed E-state index contributed by atoms with van der Waals surface area (Å²) >= 11 is 0. The monoisotopic (exact) mass is 252 g/mol. The van der Waals surface area contributed by atoms with Crippen molar-refractivity contribution in [3.05, 3.63) is 65.2 Å². The van der Waals surface area contributed by atoms with Gasteiger partial charge in [0.25, 0.3) is 0 Å². The van der Waals surface area contributed by atoms with Crippen molar-refractivity contribution in [3.8, 4) is 0 Å². The Labute approximate surface area is 115 Å². The maximum Gasteiger partial charge on any atom is 0.0386 e. The third-order valence-electron chi connectivity index (χ3n) is 3.98. The third-order valence-corrected chi connectivity index (χ3v) is 3.98. The summed E-state index contributed by atoms with van der Waals surface area (Å²) in [6.45, 7) is 2.11. The molecule has 0 bridgehead atoms. The molecule has 1 aliphatic heterocycles. The van der Waals surface area contributed by atoms with Gasteiger partial charge in [-0.2, -0.15) is 0 Å². The van der Waals surface area contributed by atoms with Crippen LogP contribution in [0.1, 0.15) is 22.6 Å². The Bertz CT molecular complexity index is 563. The smallest absolute Gasteiger partial charge is 0.0386 e. The van der Waals surface area contributed by atoms with Crippen molar-refractivity contribution in [1.29, 1.82) is 0 Å². The van der Waals surface area contributed by atoms with Crippen LogP contribution in [0.3, 0.4) is 0 Å². The topological polar surface area (TPSA) is 15.3 Å². The SMILES string of the molecule is CNc1cccc2c1CN(C)CC2c1ccccc1. The summed E-state index contributed by atoms with van der Waals surface area (Å²) < 4.78 is 0. The van der Waals surface area contributed by atoms with Gasteiger partial charge in [0.2, 0.25) is 0 Å². The third kappa shape index (κ3) is 2.24. The molecule has 0 amide bonds. The van der Waals surface area contributed by atoms with Crippen LogP contribution in [-0.4, -0.2) is 25.5 Å². The van der Waals surface area contributed by atoms with E-state index in [1.165, 1.54) is 22.4 Å². The van der Waals surface area contributed by atoms with Crippen molar-refractivity contribution in [1.82, 2.24) is 4.90 Å². The number of anilines is 1. The summed E-state index contributed by atoms with van der Waals surface area (Å²) in [5.41, 5.74) is 5.57. The molecule has 2 heteroatoms. The van der Waals surface area contributed by atoms with Gasteiger partial charge in [0.15, 0.2) is 0 Å². The fourth-order valence-electron chi connectivity index (χ4n) is 3.06. The Morgan fingerprint density at radius 1 is 1.05 bits per heavy atom. The van der Waals surface area contributed by atoms with Crippen molar-refractivity contribution in [2.24, 2.45) is 0 Å². The van der Waals surface area contributed by atoms with Crippen LogP contribution >= 0.6 is 0 Å². The van der Waals surface area contributed by atoms with Gasteiger partial charge in [0.1, 0.15) is 0 Å². The van der Waals surface area contributed by atoms with Gasteiger partial charge in [-0.15, -0.1) is 0 Å². The standard InChI is InChI=1S/C17H20N2/c1-18-17-10-6-9-14-15(11-19(2)12-16(14)17)13-7-4-3-5-8-13/h3-10,15,18H,11-12H2,1-2H3. The van der Waals surface area contributed by atoms with Gasteiger partial charge in [0, 0.05) is 31.7 Å². The Morgan fingerprint density at radius 2 is 1.84 bits per heavy atom. The molecule has 0 fully saturated rings. The Hall–Kier alpha value is -1.80. The summed E-state index contributed by atoms with van der Waals surface area (Å²) in [6, 6.07) is 17.4. The second-order valence-electron chi connectivity index (χ2n) is 5.28. The average Bonchev–Trinajstić information content (AvgIpc) is 2.46. The predicted octanol–water partition coefficient (Wildman–Crippen LogP) is 3.31. The molecule has 98 valence electrons. The highest BCUT2D eigenvalue weighted by atomic mass is 15.1. The minimum absolute atomic E-state index is 0.475. The van der Waals surface area contributed by atoms with Gasteiger partial charge in [0.05, 0.1) is 0 Å². The van der Waals surface area contributed by atoms with Crippen LogP contribution < -0.4 is 5.32 Å². The first-order valence-electron chi connectivity index (χ1n) is 6.82. The number of fused-ring (bicyclic) bond motifs is 1. The highest BCUT2D eigenvalue weighted by Crippen LogP contribution is 2.36. The average molecular weight is 252 g/mol. The molecule has 1 N–H and O–H groups in total. The number of hydrogen-bond acceptors (Lipinski definition) is 2. The molecule has 1 atom stereocenters. The molecule has 1 unspecified atom stereocenters. The van der Waals surface area contributed by atoms with E-state index >= 15 is 0 Å². The van der Waals surface area contributed by atoms with Crippen molar-refractivity contribution < 1.29 is 0 Å². The lowest BCUT2D eigenvalue weighted by atomic mass is 9.84. The molecule has 1 aliphatic rings. The van der Waals surface area contributed by atoms with Crippen LogP contribution in [0.2, 0.25) is 0 Å². The lowest BCUT2D eigenvalue weighted by Gasteiger charge is -2.33. The normalized spacial score (nSPS) is 18.9. The van der Waals surface area contributed by atoms with Gasteiger partial charge in [-0.05, 0) is 29.8 Å². The van der Waals surface area contributed by atoms with Gasteiger partial charge in [-0.1, -0.05) is 42.5 Å². The van der Waals surface area contributed by atoms with E-state index < -0.39 is 0 Å². The molecule has 3 rings (SSSR count). The molecule has 19 heavy (non-hydrogen) atoms. The Morgan fingerprint density at radius 3 is 2.58 bits per heavy atom. The van der Waals surface area contributed by atoms with Gasteiger partial charge >= 0.3 is 0 Å². The minimum atomic E-state index is 0.475. The first-order chi connectivity index (χ1) is 9.29. The van der Waals surface area contributed by atoms with Crippen molar-refractivity contribution in [2.75, 3.05) is 26.0 Å². The maximum absolute atomic E-state index is 3.32. The van der Waals surface area contributed by atoms with Crippen LogP contribution in [-0.2, 0) is 6.54 Å². The molecule has 0 saturated heterocycles. The van der Waals surface area contributed by atoms with E-state index in [1.54, 1.807) is 0 Å². The number of rotatable bonds is 2.